The van der Waals surface area contributed by atoms with Gasteiger partial charge in [0.25, 0.3) is 0 Å². The molecule has 1 aromatic carbocycles. The molecule has 90 valence electrons. The Labute approximate surface area is 103 Å². The molecule has 0 aliphatic heterocycles. The third kappa shape index (κ3) is 6.36. The summed E-state index contributed by atoms with van der Waals surface area (Å²) in [6, 6.07) is 10.3. The quantitative estimate of drug-likeness (QED) is 0.426. The van der Waals surface area contributed by atoms with Crippen LogP contribution in [0, 0.1) is 0 Å². The summed E-state index contributed by atoms with van der Waals surface area (Å²) in [5.74, 6) is -0.291. The predicted molar refractivity (Wildman–Crippen MR) is 69.7 cm³/mol. The Bertz CT molecular complexity index is 377. The van der Waals surface area contributed by atoms with Crippen molar-refractivity contribution in [2.45, 2.75) is 19.8 Å². The van der Waals surface area contributed by atoms with E-state index in [1.165, 1.54) is 11.6 Å². The van der Waals surface area contributed by atoms with Crippen LogP contribution in [-0.4, -0.2) is 12.6 Å². The van der Waals surface area contributed by atoms with Gasteiger partial charge in [0.05, 0.1) is 6.61 Å². The van der Waals surface area contributed by atoms with Crippen LogP contribution in [0.4, 0.5) is 0 Å². The van der Waals surface area contributed by atoms with Crippen LogP contribution < -0.4 is 0 Å². The predicted octanol–water partition coefficient (Wildman–Crippen LogP) is 3.29. The first kappa shape index (κ1) is 13.2. The minimum Gasteiger partial charge on any atom is -0.463 e. The SMILES string of the molecule is CCOC(=O)/C=C\C=C\CCc1ccccc1. The Kier molecular flexibility index (Phi) is 6.49. The molecule has 0 radical (unpaired) electrons. The van der Waals surface area contributed by atoms with Crippen LogP contribution in [0.25, 0.3) is 0 Å². The largest absolute Gasteiger partial charge is 0.463 e. The second-order valence-electron chi connectivity index (χ2n) is 3.56. The second kappa shape index (κ2) is 8.34. The van der Waals surface area contributed by atoms with Gasteiger partial charge in [0.1, 0.15) is 0 Å². The van der Waals surface area contributed by atoms with Crippen LogP contribution >= 0.6 is 0 Å². The van der Waals surface area contributed by atoms with E-state index in [0.717, 1.165) is 12.8 Å². The van der Waals surface area contributed by atoms with Crippen molar-refractivity contribution in [1.82, 2.24) is 0 Å². The monoisotopic (exact) mass is 230 g/mol. The molecule has 2 nitrogen and oxygen atoms in total. The molecule has 0 aliphatic rings. The van der Waals surface area contributed by atoms with E-state index in [1.807, 2.05) is 30.4 Å². The highest BCUT2D eigenvalue weighted by Crippen LogP contribution is 2.02. The summed E-state index contributed by atoms with van der Waals surface area (Å²) in [6.07, 6.45) is 9.05. The van der Waals surface area contributed by atoms with Gasteiger partial charge in [-0.15, -0.1) is 0 Å². The number of esters is 1. The Morgan fingerprint density at radius 3 is 2.71 bits per heavy atom. The van der Waals surface area contributed by atoms with Crippen LogP contribution in [0.5, 0.6) is 0 Å². The van der Waals surface area contributed by atoms with E-state index in [2.05, 4.69) is 12.1 Å². The number of hydrogen-bond acceptors (Lipinski definition) is 2. The van der Waals surface area contributed by atoms with Gasteiger partial charge < -0.3 is 4.74 Å². The zero-order valence-electron chi connectivity index (χ0n) is 10.1. The molecule has 0 saturated heterocycles. The van der Waals surface area contributed by atoms with Gasteiger partial charge in [0.2, 0.25) is 0 Å². The maximum atomic E-state index is 11.0. The van der Waals surface area contributed by atoms with Crippen molar-refractivity contribution in [3.8, 4) is 0 Å². The lowest BCUT2D eigenvalue weighted by molar-refractivity contribution is -0.137. The van der Waals surface area contributed by atoms with Crippen molar-refractivity contribution in [2.24, 2.45) is 0 Å². The molecule has 0 N–H and O–H groups in total. The molecule has 0 saturated carbocycles. The first-order valence-electron chi connectivity index (χ1n) is 5.87. The van der Waals surface area contributed by atoms with Gasteiger partial charge in [-0.2, -0.15) is 0 Å². The van der Waals surface area contributed by atoms with E-state index in [1.54, 1.807) is 13.0 Å². The van der Waals surface area contributed by atoms with Crippen LogP contribution in [0.1, 0.15) is 18.9 Å². The highest BCUT2D eigenvalue weighted by atomic mass is 16.5. The lowest BCUT2D eigenvalue weighted by Gasteiger charge is -1.95. The minimum atomic E-state index is -0.291. The lowest BCUT2D eigenvalue weighted by Crippen LogP contribution is -1.98. The number of aryl methyl sites for hydroxylation is 1. The minimum absolute atomic E-state index is 0.291. The number of hydrogen-bond donors (Lipinski definition) is 0. The van der Waals surface area contributed by atoms with E-state index in [9.17, 15) is 4.79 Å². The van der Waals surface area contributed by atoms with Gasteiger partial charge in [-0.3, -0.25) is 0 Å². The first-order chi connectivity index (χ1) is 8.33. The molecule has 2 heteroatoms. The normalized spacial score (nSPS) is 11.1. The van der Waals surface area contributed by atoms with Crippen LogP contribution in [0.3, 0.4) is 0 Å². The standard InChI is InChI=1S/C15H18O2/c1-2-17-15(16)13-9-4-3-6-10-14-11-7-5-8-12-14/h3-5,7-9,11-13H,2,6,10H2,1H3/b4-3+,13-9-. The molecular weight excluding hydrogens is 212 g/mol. The van der Waals surface area contributed by atoms with Crippen molar-refractivity contribution in [3.63, 3.8) is 0 Å². The number of benzene rings is 1. The van der Waals surface area contributed by atoms with Gasteiger partial charge in [0, 0.05) is 6.08 Å². The molecule has 17 heavy (non-hydrogen) atoms. The Morgan fingerprint density at radius 1 is 1.24 bits per heavy atom. The zero-order chi connectivity index (χ0) is 12.3. The van der Waals surface area contributed by atoms with Crippen molar-refractivity contribution in [2.75, 3.05) is 6.61 Å². The third-order valence-electron chi connectivity index (χ3n) is 2.21. The molecule has 0 aromatic heterocycles. The van der Waals surface area contributed by atoms with Gasteiger partial charge in [-0.1, -0.05) is 48.6 Å². The Morgan fingerprint density at radius 2 is 2.00 bits per heavy atom. The molecule has 0 aliphatic carbocycles. The second-order valence-corrected chi connectivity index (χ2v) is 3.56. The maximum absolute atomic E-state index is 11.0. The van der Waals surface area contributed by atoms with E-state index in [4.69, 9.17) is 4.74 Å². The van der Waals surface area contributed by atoms with Crippen LogP contribution in [0.2, 0.25) is 0 Å². The van der Waals surface area contributed by atoms with E-state index >= 15 is 0 Å². The molecule has 1 rings (SSSR count). The fourth-order valence-electron chi connectivity index (χ4n) is 1.39. The molecule has 0 heterocycles. The number of carbonyl (C=O) groups is 1. The number of allylic oxidation sites excluding steroid dienone is 3. The van der Waals surface area contributed by atoms with E-state index in [-0.39, 0.29) is 5.97 Å². The van der Waals surface area contributed by atoms with Gasteiger partial charge in [-0.05, 0) is 25.3 Å². The van der Waals surface area contributed by atoms with E-state index in [0.29, 0.717) is 6.61 Å². The topological polar surface area (TPSA) is 26.3 Å². The highest BCUT2D eigenvalue weighted by molar-refractivity contribution is 5.82. The number of carbonyl (C=O) groups excluding carboxylic acids is 1. The lowest BCUT2D eigenvalue weighted by atomic mass is 10.1. The average Bonchev–Trinajstić information content (AvgIpc) is 2.35. The maximum Gasteiger partial charge on any atom is 0.330 e. The van der Waals surface area contributed by atoms with E-state index < -0.39 is 0 Å². The van der Waals surface area contributed by atoms with Gasteiger partial charge >= 0.3 is 5.97 Å². The van der Waals surface area contributed by atoms with Crippen molar-refractivity contribution < 1.29 is 9.53 Å². The molecule has 0 amide bonds. The average molecular weight is 230 g/mol. The summed E-state index contributed by atoms with van der Waals surface area (Å²) >= 11 is 0. The number of rotatable bonds is 6. The Balaban J connectivity index is 2.21. The third-order valence-corrected chi connectivity index (χ3v) is 2.21. The first-order valence-corrected chi connectivity index (χ1v) is 5.87. The fraction of sp³-hybridized carbons (Fsp3) is 0.267. The fourth-order valence-corrected chi connectivity index (χ4v) is 1.39. The van der Waals surface area contributed by atoms with Crippen molar-refractivity contribution >= 4 is 5.97 Å². The Hall–Kier alpha value is -1.83. The summed E-state index contributed by atoms with van der Waals surface area (Å²) in [4.78, 5) is 11.0. The molecular formula is C15H18O2. The van der Waals surface area contributed by atoms with Crippen molar-refractivity contribution in [3.05, 3.63) is 60.2 Å². The summed E-state index contributed by atoms with van der Waals surface area (Å²) in [7, 11) is 0. The summed E-state index contributed by atoms with van der Waals surface area (Å²) in [5, 5.41) is 0. The zero-order valence-corrected chi connectivity index (χ0v) is 10.1. The summed E-state index contributed by atoms with van der Waals surface area (Å²) in [6.45, 7) is 2.21. The molecule has 0 unspecified atom stereocenters. The van der Waals surface area contributed by atoms with Gasteiger partial charge in [-0.25, -0.2) is 4.79 Å². The molecule has 1 aromatic rings. The summed E-state index contributed by atoms with van der Waals surface area (Å²) < 4.78 is 4.76. The molecule has 0 atom stereocenters. The smallest absolute Gasteiger partial charge is 0.330 e. The molecule has 0 fully saturated rings. The van der Waals surface area contributed by atoms with Crippen LogP contribution in [0.15, 0.2) is 54.6 Å². The molecule has 0 spiro atoms. The van der Waals surface area contributed by atoms with Crippen molar-refractivity contribution in [1.29, 1.82) is 0 Å². The number of ether oxygens (including phenoxy) is 1. The van der Waals surface area contributed by atoms with Gasteiger partial charge in [0.15, 0.2) is 0 Å². The molecule has 0 bridgehead atoms. The van der Waals surface area contributed by atoms with Crippen LogP contribution in [-0.2, 0) is 16.0 Å². The summed E-state index contributed by atoms with van der Waals surface area (Å²) in [5.41, 5.74) is 1.33. The highest BCUT2D eigenvalue weighted by Gasteiger charge is 1.90.